The number of benzene rings is 3. The van der Waals surface area contributed by atoms with Gasteiger partial charge in [-0.05, 0) is 59.7 Å². The minimum absolute atomic E-state index is 0.0731. The third-order valence-electron chi connectivity index (χ3n) is 4.83. The van der Waals surface area contributed by atoms with Crippen molar-refractivity contribution in [1.82, 2.24) is 0 Å². The number of nitrogens with two attached hydrogens (primary N) is 1. The first kappa shape index (κ1) is 24.4. The van der Waals surface area contributed by atoms with Gasteiger partial charge in [-0.15, -0.1) is 0 Å². The van der Waals surface area contributed by atoms with Crippen LogP contribution in [-0.4, -0.2) is 49.9 Å². The molecule has 3 aromatic carbocycles. The van der Waals surface area contributed by atoms with Crippen LogP contribution in [0.25, 0.3) is 11.1 Å². The molecule has 0 saturated heterocycles. The van der Waals surface area contributed by atoms with Crippen molar-refractivity contribution in [3.8, 4) is 16.9 Å². The molecule has 0 aliphatic carbocycles. The van der Waals surface area contributed by atoms with Gasteiger partial charge >= 0.3 is 5.97 Å². The highest BCUT2D eigenvalue weighted by molar-refractivity contribution is 6.10. The second-order valence-electron chi connectivity index (χ2n) is 7.17. The van der Waals surface area contributed by atoms with Crippen LogP contribution in [0.1, 0.15) is 26.3 Å². The monoisotopic (exact) mass is 463 g/mol. The lowest BCUT2D eigenvalue weighted by Crippen LogP contribution is -2.15. The summed E-state index contributed by atoms with van der Waals surface area (Å²) in [6.45, 7) is 0.674. The lowest BCUT2D eigenvalue weighted by molar-refractivity contribution is -0.0387. The predicted molar refractivity (Wildman–Crippen MR) is 128 cm³/mol. The zero-order chi connectivity index (χ0) is 24.5. The summed E-state index contributed by atoms with van der Waals surface area (Å²) in [6, 6.07) is 17.9. The van der Waals surface area contributed by atoms with Gasteiger partial charge < -0.3 is 30.4 Å². The molecule has 0 spiro atoms. The first-order valence-electron chi connectivity index (χ1n) is 10.3. The Morgan fingerprint density at radius 3 is 2.35 bits per heavy atom. The SMILES string of the molecule is COCOCCOc1ccc(-c2ccccc2C(=O)O)c(C(=O)Nc2ccc(C(=N)N)cc2)c1. The molecule has 0 aliphatic rings. The average Bonchev–Trinajstić information content (AvgIpc) is 2.84. The summed E-state index contributed by atoms with van der Waals surface area (Å²) < 4.78 is 15.7. The van der Waals surface area contributed by atoms with Crippen LogP contribution in [0, 0.1) is 5.41 Å². The number of amides is 1. The molecular formula is C25H25N3O6. The molecule has 0 radical (unpaired) electrons. The molecule has 0 aliphatic heterocycles. The largest absolute Gasteiger partial charge is 0.491 e. The van der Waals surface area contributed by atoms with Gasteiger partial charge in [0.2, 0.25) is 0 Å². The molecule has 5 N–H and O–H groups in total. The Morgan fingerprint density at radius 2 is 1.68 bits per heavy atom. The summed E-state index contributed by atoms with van der Waals surface area (Å²) in [7, 11) is 1.52. The highest BCUT2D eigenvalue weighted by atomic mass is 16.7. The number of aromatic carboxylic acids is 1. The summed E-state index contributed by atoms with van der Waals surface area (Å²) >= 11 is 0. The van der Waals surface area contributed by atoms with Gasteiger partial charge in [-0.3, -0.25) is 10.2 Å². The van der Waals surface area contributed by atoms with E-state index in [9.17, 15) is 14.7 Å². The Morgan fingerprint density at radius 1 is 0.971 bits per heavy atom. The van der Waals surface area contributed by atoms with Crippen molar-refractivity contribution in [1.29, 1.82) is 5.41 Å². The number of carbonyl (C=O) groups is 2. The fraction of sp³-hybridized carbons (Fsp3) is 0.160. The number of anilines is 1. The molecule has 9 heteroatoms. The van der Waals surface area contributed by atoms with E-state index < -0.39 is 11.9 Å². The molecule has 34 heavy (non-hydrogen) atoms. The summed E-state index contributed by atoms with van der Waals surface area (Å²) in [5, 5.41) is 19.9. The van der Waals surface area contributed by atoms with Crippen LogP contribution in [-0.2, 0) is 9.47 Å². The molecule has 1 amide bonds. The lowest BCUT2D eigenvalue weighted by Gasteiger charge is -2.15. The third-order valence-corrected chi connectivity index (χ3v) is 4.83. The van der Waals surface area contributed by atoms with Crippen molar-refractivity contribution < 1.29 is 28.9 Å². The summed E-state index contributed by atoms with van der Waals surface area (Å²) in [4.78, 5) is 25.0. The number of nitrogen functional groups attached to an aromatic ring is 1. The molecular weight excluding hydrogens is 438 g/mol. The Labute approximate surface area is 196 Å². The normalized spacial score (nSPS) is 10.5. The number of nitrogens with one attached hydrogen (secondary N) is 2. The third kappa shape index (κ3) is 6.18. The van der Waals surface area contributed by atoms with Crippen LogP contribution >= 0.6 is 0 Å². The van der Waals surface area contributed by atoms with Gasteiger partial charge in [0.25, 0.3) is 5.91 Å². The molecule has 0 atom stereocenters. The Balaban J connectivity index is 1.93. The first-order valence-corrected chi connectivity index (χ1v) is 10.3. The number of carboxylic acid groups (broad SMARTS) is 1. The van der Waals surface area contributed by atoms with E-state index in [1.165, 1.54) is 13.2 Å². The van der Waals surface area contributed by atoms with Crippen LogP contribution in [0.3, 0.4) is 0 Å². The molecule has 0 saturated carbocycles. The highest BCUT2D eigenvalue weighted by Gasteiger charge is 2.19. The van der Waals surface area contributed by atoms with E-state index in [1.807, 2.05) is 0 Å². The second-order valence-corrected chi connectivity index (χ2v) is 7.17. The van der Waals surface area contributed by atoms with Gasteiger partial charge in [0.05, 0.1) is 17.7 Å². The molecule has 0 aromatic heterocycles. The first-order chi connectivity index (χ1) is 16.4. The molecule has 0 unspecified atom stereocenters. The van der Waals surface area contributed by atoms with Crippen LogP contribution in [0.4, 0.5) is 5.69 Å². The number of hydrogen-bond acceptors (Lipinski definition) is 6. The van der Waals surface area contributed by atoms with E-state index in [4.69, 9.17) is 25.4 Å². The number of carbonyl (C=O) groups excluding carboxylic acids is 1. The smallest absolute Gasteiger partial charge is 0.336 e. The van der Waals surface area contributed by atoms with Gasteiger partial charge in [0, 0.05) is 18.4 Å². The van der Waals surface area contributed by atoms with E-state index in [0.717, 1.165) is 0 Å². The van der Waals surface area contributed by atoms with Crippen molar-refractivity contribution in [2.45, 2.75) is 0 Å². The highest BCUT2D eigenvalue weighted by Crippen LogP contribution is 2.31. The summed E-state index contributed by atoms with van der Waals surface area (Å²) in [6.07, 6.45) is 0. The van der Waals surface area contributed by atoms with Gasteiger partial charge in [-0.2, -0.15) is 0 Å². The molecule has 176 valence electrons. The number of ether oxygens (including phenoxy) is 3. The summed E-state index contributed by atoms with van der Waals surface area (Å²) in [5.74, 6) is -1.20. The Bertz CT molecular complexity index is 1180. The fourth-order valence-corrected chi connectivity index (χ4v) is 3.23. The maximum atomic E-state index is 13.3. The Hall–Kier alpha value is -4.21. The minimum Gasteiger partial charge on any atom is -0.491 e. The summed E-state index contributed by atoms with van der Waals surface area (Å²) in [5.41, 5.74) is 7.66. The van der Waals surface area contributed by atoms with Gasteiger partial charge in [0.1, 0.15) is 25.0 Å². The van der Waals surface area contributed by atoms with Crippen LogP contribution in [0.15, 0.2) is 66.7 Å². The number of hydrogen-bond donors (Lipinski definition) is 4. The quantitative estimate of drug-likeness (QED) is 0.147. The van der Waals surface area contributed by atoms with Gasteiger partial charge in [-0.1, -0.05) is 18.2 Å². The van der Waals surface area contributed by atoms with Crippen LogP contribution in [0.2, 0.25) is 0 Å². The van der Waals surface area contributed by atoms with Crippen molar-refractivity contribution in [3.63, 3.8) is 0 Å². The molecule has 3 rings (SSSR count). The van der Waals surface area contributed by atoms with E-state index in [1.54, 1.807) is 60.7 Å². The topological polar surface area (TPSA) is 144 Å². The van der Waals surface area contributed by atoms with E-state index >= 15 is 0 Å². The number of rotatable bonds is 11. The second kappa shape index (κ2) is 11.6. The maximum absolute atomic E-state index is 13.3. The predicted octanol–water partition coefficient (Wildman–Crippen LogP) is 3.59. The van der Waals surface area contributed by atoms with E-state index in [2.05, 4.69) is 5.32 Å². The van der Waals surface area contributed by atoms with Crippen LogP contribution < -0.4 is 15.8 Å². The van der Waals surface area contributed by atoms with Crippen molar-refractivity contribution in [2.24, 2.45) is 5.73 Å². The van der Waals surface area contributed by atoms with Gasteiger partial charge in [-0.25, -0.2) is 4.79 Å². The van der Waals surface area contributed by atoms with Crippen LogP contribution in [0.5, 0.6) is 5.75 Å². The zero-order valence-electron chi connectivity index (χ0n) is 18.5. The van der Waals surface area contributed by atoms with Crippen molar-refractivity contribution >= 4 is 23.4 Å². The molecule has 9 nitrogen and oxygen atoms in total. The molecule has 0 fully saturated rings. The van der Waals surface area contributed by atoms with Crippen molar-refractivity contribution in [3.05, 3.63) is 83.4 Å². The number of carboxylic acids is 1. The number of amidine groups is 1. The van der Waals surface area contributed by atoms with Crippen molar-refractivity contribution in [2.75, 3.05) is 32.4 Å². The maximum Gasteiger partial charge on any atom is 0.336 e. The molecule has 0 bridgehead atoms. The van der Waals surface area contributed by atoms with E-state index in [0.29, 0.717) is 34.7 Å². The fourth-order valence-electron chi connectivity index (χ4n) is 3.23. The zero-order valence-corrected chi connectivity index (χ0v) is 18.5. The Kier molecular flexibility index (Phi) is 8.33. The standard InChI is InChI=1S/C25H25N3O6/c1-32-15-33-12-13-34-18-10-11-20(19-4-2-3-5-21(19)25(30)31)22(14-18)24(29)28-17-8-6-16(7-9-17)23(26)27/h2-11,14H,12-13,15H2,1H3,(H3,26,27)(H,28,29)(H,30,31). The molecule has 0 heterocycles. The number of methoxy groups -OCH3 is 1. The van der Waals surface area contributed by atoms with E-state index in [-0.39, 0.29) is 30.4 Å². The molecule has 3 aromatic rings. The average molecular weight is 463 g/mol. The lowest BCUT2D eigenvalue weighted by atomic mass is 9.94. The minimum atomic E-state index is -1.10. The van der Waals surface area contributed by atoms with Gasteiger partial charge in [0.15, 0.2) is 0 Å².